The zero-order chi connectivity index (χ0) is 15.6. The van der Waals surface area contributed by atoms with Crippen molar-refractivity contribution in [1.29, 1.82) is 0 Å². The van der Waals surface area contributed by atoms with Gasteiger partial charge in [-0.1, -0.05) is 38.1 Å². The van der Waals surface area contributed by atoms with Crippen LogP contribution in [0.15, 0.2) is 24.3 Å². The molecule has 1 saturated heterocycles. The van der Waals surface area contributed by atoms with Crippen LogP contribution in [-0.4, -0.2) is 42.2 Å². The Morgan fingerprint density at radius 3 is 2.95 bits per heavy atom. The standard InChI is InChI=1S/C19H30N2O/c1-3-21-12-10-18(15(2)13-21)20-14-19(22)11-6-8-16-7-4-5-9-17(16)19/h4-5,7,9,15,18,20,22H,3,6,8,10-14H2,1-2H3. The van der Waals surface area contributed by atoms with E-state index >= 15 is 0 Å². The van der Waals surface area contributed by atoms with E-state index in [4.69, 9.17) is 0 Å². The molecule has 2 N–H and O–H groups in total. The number of benzene rings is 1. The van der Waals surface area contributed by atoms with E-state index in [0.29, 0.717) is 18.5 Å². The second-order valence-electron chi connectivity index (χ2n) is 7.19. The number of aryl methyl sites for hydroxylation is 1. The molecule has 0 aromatic heterocycles. The fourth-order valence-electron chi connectivity index (χ4n) is 4.20. The number of piperidine rings is 1. The lowest BCUT2D eigenvalue weighted by Gasteiger charge is -2.40. The van der Waals surface area contributed by atoms with Crippen molar-refractivity contribution in [3.8, 4) is 0 Å². The van der Waals surface area contributed by atoms with Gasteiger partial charge in [0.2, 0.25) is 0 Å². The summed E-state index contributed by atoms with van der Waals surface area (Å²) in [6, 6.07) is 8.94. The maximum absolute atomic E-state index is 11.2. The number of hydrogen-bond donors (Lipinski definition) is 2. The van der Waals surface area contributed by atoms with Crippen LogP contribution in [0.25, 0.3) is 0 Å². The zero-order valence-electron chi connectivity index (χ0n) is 14.0. The van der Waals surface area contributed by atoms with E-state index in [0.717, 1.165) is 31.4 Å². The number of aliphatic hydroxyl groups is 1. The molecule has 0 radical (unpaired) electrons. The van der Waals surface area contributed by atoms with E-state index in [-0.39, 0.29) is 0 Å². The topological polar surface area (TPSA) is 35.5 Å². The third kappa shape index (κ3) is 3.22. The van der Waals surface area contributed by atoms with Crippen molar-refractivity contribution >= 4 is 0 Å². The maximum atomic E-state index is 11.2. The zero-order valence-corrected chi connectivity index (χ0v) is 14.0. The average Bonchev–Trinajstić information content (AvgIpc) is 2.54. The van der Waals surface area contributed by atoms with Gasteiger partial charge in [-0.05, 0) is 55.8 Å². The van der Waals surface area contributed by atoms with E-state index in [1.54, 1.807) is 0 Å². The molecule has 3 unspecified atom stereocenters. The molecule has 3 rings (SSSR count). The van der Waals surface area contributed by atoms with Gasteiger partial charge in [0.25, 0.3) is 0 Å². The Morgan fingerprint density at radius 2 is 2.18 bits per heavy atom. The summed E-state index contributed by atoms with van der Waals surface area (Å²) in [6.07, 6.45) is 4.24. The fraction of sp³-hybridized carbons (Fsp3) is 0.684. The number of likely N-dealkylation sites (tertiary alicyclic amines) is 1. The fourth-order valence-corrected chi connectivity index (χ4v) is 4.20. The van der Waals surface area contributed by atoms with Crippen LogP contribution in [0.2, 0.25) is 0 Å². The SMILES string of the molecule is CCN1CCC(NCC2(O)CCCc3ccccc32)C(C)C1. The van der Waals surface area contributed by atoms with Crippen LogP contribution in [0.1, 0.15) is 44.2 Å². The first-order valence-electron chi connectivity index (χ1n) is 8.89. The molecular formula is C19H30N2O. The van der Waals surface area contributed by atoms with Crippen LogP contribution in [0.4, 0.5) is 0 Å². The highest BCUT2D eigenvalue weighted by molar-refractivity contribution is 5.35. The predicted octanol–water partition coefficient (Wildman–Crippen LogP) is 2.53. The van der Waals surface area contributed by atoms with Gasteiger partial charge >= 0.3 is 0 Å². The summed E-state index contributed by atoms with van der Waals surface area (Å²) >= 11 is 0. The third-order valence-corrected chi connectivity index (χ3v) is 5.65. The number of hydrogen-bond acceptors (Lipinski definition) is 3. The van der Waals surface area contributed by atoms with Crippen molar-refractivity contribution in [2.45, 2.75) is 51.2 Å². The lowest BCUT2D eigenvalue weighted by molar-refractivity contribution is 0.0113. The summed E-state index contributed by atoms with van der Waals surface area (Å²) in [4.78, 5) is 2.52. The average molecular weight is 302 g/mol. The summed E-state index contributed by atoms with van der Waals surface area (Å²) in [5.74, 6) is 0.649. The minimum Gasteiger partial charge on any atom is -0.384 e. The Kier molecular flexibility index (Phi) is 4.86. The van der Waals surface area contributed by atoms with Crippen molar-refractivity contribution in [2.75, 3.05) is 26.2 Å². The lowest BCUT2D eigenvalue weighted by atomic mass is 9.78. The molecule has 1 aliphatic carbocycles. The highest BCUT2D eigenvalue weighted by Gasteiger charge is 2.35. The van der Waals surface area contributed by atoms with Gasteiger partial charge in [0, 0.05) is 19.1 Å². The number of nitrogens with one attached hydrogen (secondary N) is 1. The minimum atomic E-state index is -0.684. The Bertz CT molecular complexity index is 504. The van der Waals surface area contributed by atoms with Gasteiger partial charge in [-0.25, -0.2) is 0 Å². The van der Waals surface area contributed by atoms with Crippen molar-refractivity contribution < 1.29 is 5.11 Å². The summed E-state index contributed by atoms with van der Waals surface area (Å²) in [5.41, 5.74) is 1.79. The number of fused-ring (bicyclic) bond motifs is 1. The van der Waals surface area contributed by atoms with Crippen LogP contribution in [0, 0.1) is 5.92 Å². The molecule has 1 aromatic rings. The maximum Gasteiger partial charge on any atom is 0.102 e. The second kappa shape index (κ2) is 6.69. The monoisotopic (exact) mass is 302 g/mol. The van der Waals surface area contributed by atoms with E-state index in [9.17, 15) is 5.11 Å². The van der Waals surface area contributed by atoms with Crippen LogP contribution in [0.5, 0.6) is 0 Å². The molecule has 122 valence electrons. The molecule has 1 fully saturated rings. The van der Waals surface area contributed by atoms with E-state index < -0.39 is 5.60 Å². The first-order chi connectivity index (χ1) is 10.6. The smallest absolute Gasteiger partial charge is 0.102 e. The first-order valence-corrected chi connectivity index (χ1v) is 8.89. The summed E-state index contributed by atoms with van der Waals surface area (Å²) in [7, 11) is 0. The normalized spacial score (nSPS) is 32.7. The molecule has 1 heterocycles. The Balaban J connectivity index is 1.64. The molecule has 1 aromatic carbocycles. The van der Waals surface area contributed by atoms with Crippen LogP contribution in [0.3, 0.4) is 0 Å². The Morgan fingerprint density at radius 1 is 1.36 bits per heavy atom. The second-order valence-corrected chi connectivity index (χ2v) is 7.19. The molecule has 22 heavy (non-hydrogen) atoms. The molecule has 3 nitrogen and oxygen atoms in total. The van der Waals surface area contributed by atoms with Crippen LogP contribution < -0.4 is 5.32 Å². The molecule has 3 heteroatoms. The molecule has 3 atom stereocenters. The van der Waals surface area contributed by atoms with Crippen molar-refractivity contribution in [3.05, 3.63) is 35.4 Å². The van der Waals surface area contributed by atoms with E-state index in [1.165, 1.54) is 25.1 Å². The van der Waals surface area contributed by atoms with E-state index in [1.807, 2.05) is 0 Å². The Labute approximate surface area is 134 Å². The molecule has 0 spiro atoms. The van der Waals surface area contributed by atoms with Gasteiger partial charge in [0.15, 0.2) is 0 Å². The van der Waals surface area contributed by atoms with Gasteiger partial charge in [0.1, 0.15) is 5.60 Å². The van der Waals surface area contributed by atoms with Gasteiger partial charge in [0.05, 0.1) is 0 Å². The summed E-state index contributed by atoms with van der Waals surface area (Å²) in [5, 5.41) is 14.9. The largest absolute Gasteiger partial charge is 0.384 e. The number of nitrogens with zero attached hydrogens (tertiary/aromatic N) is 1. The molecule has 0 saturated carbocycles. The van der Waals surface area contributed by atoms with Gasteiger partial charge in [-0.15, -0.1) is 0 Å². The summed E-state index contributed by atoms with van der Waals surface area (Å²) in [6.45, 7) is 8.75. The van der Waals surface area contributed by atoms with Crippen molar-refractivity contribution in [1.82, 2.24) is 10.2 Å². The highest BCUT2D eigenvalue weighted by Crippen LogP contribution is 2.35. The number of rotatable bonds is 4. The minimum absolute atomic E-state index is 0.529. The molecule has 0 amide bonds. The molecular weight excluding hydrogens is 272 g/mol. The lowest BCUT2D eigenvalue weighted by Crippen LogP contribution is -2.52. The van der Waals surface area contributed by atoms with Crippen molar-refractivity contribution in [2.24, 2.45) is 5.92 Å². The van der Waals surface area contributed by atoms with Crippen molar-refractivity contribution in [3.63, 3.8) is 0 Å². The molecule has 0 bridgehead atoms. The van der Waals surface area contributed by atoms with Gasteiger partial charge in [-0.2, -0.15) is 0 Å². The Hall–Kier alpha value is -0.900. The summed E-state index contributed by atoms with van der Waals surface area (Å²) < 4.78 is 0. The van der Waals surface area contributed by atoms with E-state index in [2.05, 4.69) is 48.3 Å². The van der Waals surface area contributed by atoms with Crippen LogP contribution in [-0.2, 0) is 12.0 Å². The highest BCUT2D eigenvalue weighted by atomic mass is 16.3. The molecule has 2 aliphatic rings. The quantitative estimate of drug-likeness (QED) is 0.897. The predicted molar refractivity (Wildman–Crippen MR) is 91.0 cm³/mol. The molecule has 1 aliphatic heterocycles. The van der Waals surface area contributed by atoms with Crippen LogP contribution >= 0.6 is 0 Å². The van der Waals surface area contributed by atoms with Gasteiger partial charge < -0.3 is 15.3 Å². The third-order valence-electron chi connectivity index (χ3n) is 5.65. The van der Waals surface area contributed by atoms with Gasteiger partial charge in [-0.3, -0.25) is 0 Å². The first kappa shape index (κ1) is 16.0.